The summed E-state index contributed by atoms with van der Waals surface area (Å²) in [7, 11) is 0. The molecule has 27 heavy (non-hydrogen) atoms. The van der Waals surface area contributed by atoms with Gasteiger partial charge in [0.05, 0.1) is 13.2 Å². The highest BCUT2D eigenvalue weighted by Gasteiger charge is 2.26. The highest BCUT2D eigenvalue weighted by atomic mass is 16.6. The van der Waals surface area contributed by atoms with Gasteiger partial charge in [0.25, 0.3) is 0 Å². The second kappa shape index (κ2) is 9.12. The number of aromatic nitrogens is 4. The van der Waals surface area contributed by atoms with Gasteiger partial charge in [-0.15, -0.1) is 5.10 Å². The van der Waals surface area contributed by atoms with E-state index in [1.54, 1.807) is 21.4 Å². The number of likely N-dealkylation sites (tertiary alicyclic amines) is 1. The molecule has 0 spiro atoms. The van der Waals surface area contributed by atoms with Crippen LogP contribution >= 0.6 is 0 Å². The molecular weight excluding hydrogens is 350 g/mol. The summed E-state index contributed by atoms with van der Waals surface area (Å²) in [4.78, 5) is 30.1. The molecule has 2 aliphatic rings. The lowest BCUT2D eigenvalue weighted by molar-refractivity contribution is -0.133. The molecule has 1 aromatic rings. The zero-order valence-corrected chi connectivity index (χ0v) is 16.2. The summed E-state index contributed by atoms with van der Waals surface area (Å²) in [6.07, 6.45) is 2.06. The Kier molecular flexibility index (Phi) is 6.59. The summed E-state index contributed by atoms with van der Waals surface area (Å²) in [5.41, 5.74) is 0. The molecule has 1 aromatic heterocycles. The highest BCUT2D eigenvalue weighted by Crippen LogP contribution is 2.17. The molecule has 0 saturated carbocycles. The van der Waals surface area contributed by atoms with Crippen LogP contribution in [0.5, 0.6) is 0 Å². The van der Waals surface area contributed by atoms with E-state index in [0.29, 0.717) is 39.3 Å². The Morgan fingerprint density at radius 2 is 1.74 bits per heavy atom. The van der Waals surface area contributed by atoms with E-state index >= 15 is 0 Å². The number of amides is 2. The summed E-state index contributed by atoms with van der Waals surface area (Å²) in [6, 6.07) is 0. The van der Waals surface area contributed by atoms with Gasteiger partial charge < -0.3 is 14.5 Å². The Morgan fingerprint density at radius 3 is 2.41 bits per heavy atom. The number of nitrogens with zero attached hydrogens (tertiary/aromatic N) is 7. The third kappa shape index (κ3) is 5.15. The standard InChI is InChI=1S/C17H29N7O3/c1-3-27-17(26)23-10-8-22(9-11-23)16(25)13-24-15(18-19-20-24)12-21-6-4-14(2)5-7-21/h14H,3-13H2,1-2H3. The Labute approximate surface area is 159 Å². The number of piperidine rings is 1. The largest absolute Gasteiger partial charge is 0.450 e. The van der Waals surface area contributed by atoms with Crippen molar-refractivity contribution in [3.8, 4) is 0 Å². The molecule has 3 rings (SSSR count). The van der Waals surface area contributed by atoms with Gasteiger partial charge in [-0.2, -0.15) is 0 Å². The van der Waals surface area contributed by atoms with Gasteiger partial charge >= 0.3 is 6.09 Å². The number of hydrogen-bond acceptors (Lipinski definition) is 7. The van der Waals surface area contributed by atoms with Crippen LogP contribution in [0, 0.1) is 5.92 Å². The molecule has 2 amide bonds. The second-order valence-corrected chi connectivity index (χ2v) is 7.28. The molecule has 2 fully saturated rings. The second-order valence-electron chi connectivity index (χ2n) is 7.28. The topological polar surface area (TPSA) is 96.7 Å². The fourth-order valence-electron chi connectivity index (χ4n) is 3.46. The van der Waals surface area contributed by atoms with Crippen LogP contribution in [-0.2, 0) is 22.6 Å². The smallest absolute Gasteiger partial charge is 0.409 e. The van der Waals surface area contributed by atoms with Gasteiger partial charge in [-0.05, 0) is 49.2 Å². The van der Waals surface area contributed by atoms with Crippen LogP contribution in [0.25, 0.3) is 0 Å². The first-order valence-electron chi connectivity index (χ1n) is 9.73. The van der Waals surface area contributed by atoms with Gasteiger partial charge in [0, 0.05) is 26.2 Å². The van der Waals surface area contributed by atoms with Crippen molar-refractivity contribution in [2.45, 2.75) is 39.8 Å². The molecule has 10 heteroatoms. The van der Waals surface area contributed by atoms with Gasteiger partial charge in [0.15, 0.2) is 5.82 Å². The van der Waals surface area contributed by atoms with Crippen molar-refractivity contribution in [1.82, 2.24) is 34.9 Å². The summed E-state index contributed by atoms with van der Waals surface area (Å²) in [5, 5.41) is 11.9. The normalized spacial score (nSPS) is 19.3. The molecule has 0 unspecified atom stereocenters. The van der Waals surface area contributed by atoms with Gasteiger partial charge in [0.1, 0.15) is 6.54 Å². The van der Waals surface area contributed by atoms with E-state index in [1.807, 2.05) is 0 Å². The Bertz CT molecular complexity index is 634. The predicted octanol–water partition coefficient (Wildman–Crippen LogP) is 0.206. The van der Waals surface area contributed by atoms with Gasteiger partial charge in [0.2, 0.25) is 5.91 Å². The molecule has 0 radical (unpaired) electrons. The molecule has 150 valence electrons. The number of rotatable bonds is 5. The number of ether oxygens (including phenoxy) is 1. The molecule has 0 atom stereocenters. The van der Waals surface area contributed by atoms with E-state index in [0.717, 1.165) is 24.8 Å². The first kappa shape index (κ1) is 19.5. The van der Waals surface area contributed by atoms with Crippen molar-refractivity contribution in [3.05, 3.63) is 5.82 Å². The van der Waals surface area contributed by atoms with E-state index in [-0.39, 0.29) is 18.5 Å². The molecule has 0 aliphatic carbocycles. The molecule has 2 saturated heterocycles. The first-order valence-corrected chi connectivity index (χ1v) is 9.73. The summed E-state index contributed by atoms with van der Waals surface area (Å²) in [5.74, 6) is 1.47. The minimum absolute atomic E-state index is 0.0284. The van der Waals surface area contributed by atoms with Crippen molar-refractivity contribution in [2.24, 2.45) is 5.92 Å². The average molecular weight is 379 g/mol. The van der Waals surface area contributed by atoms with Crippen LogP contribution in [0.4, 0.5) is 4.79 Å². The average Bonchev–Trinajstić information content (AvgIpc) is 3.10. The minimum Gasteiger partial charge on any atom is -0.450 e. The van der Waals surface area contributed by atoms with E-state index in [1.165, 1.54) is 12.8 Å². The summed E-state index contributed by atoms with van der Waals surface area (Å²) >= 11 is 0. The summed E-state index contributed by atoms with van der Waals surface area (Å²) in [6.45, 7) is 9.27. The van der Waals surface area contributed by atoms with Gasteiger partial charge in [-0.25, -0.2) is 9.48 Å². The Hall–Kier alpha value is -2.23. The molecular formula is C17H29N7O3. The number of piperazine rings is 1. The van der Waals surface area contributed by atoms with E-state index in [4.69, 9.17) is 4.74 Å². The Morgan fingerprint density at radius 1 is 1.07 bits per heavy atom. The van der Waals surface area contributed by atoms with Crippen molar-refractivity contribution < 1.29 is 14.3 Å². The van der Waals surface area contributed by atoms with Gasteiger partial charge in [-0.1, -0.05) is 6.92 Å². The maximum atomic E-state index is 12.6. The van der Waals surface area contributed by atoms with Crippen molar-refractivity contribution in [3.63, 3.8) is 0 Å². The number of hydrogen-bond donors (Lipinski definition) is 0. The molecule has 0 N–H and O–H groups in total. The van der Waals surface area contributed by atoms with Crippen molar-refractivity contribution in [2.75, 3.05) is 45.9 Å². The fraction of sp³-hybridized carbons (Fsp3) is 0.824. The minimum atomic E-state index is -0.316. The van der Waals surface area contributed by atoms with Crippen LogP contribution in [0.2, 0.25) is 0 Å². The fourth-order valence-corrected chi connectivity index (χ4v) is 3.46. The van der Waals surface area contributed by atoms with E-state index in [9.17, 15) is 9.59 Å². The predicted molar refractivity (Wildman–Crippen MR) is 96.7 cm³/mol. The molecule has 10 nitrogen and oxygen atoms in total. The van der Waals surface area contributed by atoms with Crippen LogP contribution in [-0.4, -0.2) is 92.8 Å². The number of carbonyl (C=O) groups is 2. The van der Waals surface area contributed by atoms with Crippen molar-refractivity contribution in [1.29, 1.82) is 0 Å². The zero-order valence-electron chi connectivity index (χ0n) is 16.2. The van der Waals surface area contributed by atoms with Crippen LogP contribution in [0.1, 0.15) is 32.5 Å². The lowest BCUT2D eigenvalue weighted by Crippen LogP contribution is -2.51. The van der Waals surface area contributed by atoms with Crippen LogP contribution in [0.15, 0.2) is 0 Å². The first-order chi connectivity index (χ1) is 13.1. The molecule has 0 aromatic carbocycles. The maximum Gasteiger partial charge on any atom is 0.409 e. The zero-order chi connectivity index (χ0) is 19.2. The SMILES string of the molecule is CCOC(=O)N1CCN(C(=O)Cn2nnnc2CN2CCC(C)CC2)CC1. The van der Waals surface area contributed by atoms with E-state index < -0.39 is 0 Å². The lowest BCUT2D eigenvalue weighted by atomic mass is 9.99. The van der Waals surface area contributed by atoms with Gasteiger partial charge in [-0.3, -0.25) is 9.69 Å². The molecule has 0 bridgehead atoms. The molecule has 2 aliphatic heterocycles. The Balaban J connectivity index is 1.49. The van der Waals surface area contributed by atoms with Crippen molar-refractivity contribution >= 4 is 12.0 Å². The quantitative estimate of drug-likeness (QED) is 0.721. The monoisotopic (exact) mass is 379 g/mol. The summed E-state index contributed by atoms with van der Waals surface area (Å²) < 4.78 is 6.60. The van der Waals surface area contributed by atoms with E-state index in [2.05, 4.69) is 27.3 Å². The van der Waals surface area contributed by atoms with Crippen LogP contribution in [0.3, 0.4) is 0 Å². The van der Waals surface area contributed by atoms with Crippen LogP contribution < -0.4 is 0 Å². The number of carbonyl (C=O) groups excluding carboxylic acids is 2. The third-order valence-corrected chi connectivity index (χ3v) is 5.29. The third-order valence-electron chi connectivity index (χ3n) is 5.29. The number of tetrazole rings is 1. The molecule has 3 heterocycles. The maximum absolute atomic E-state index is 12.6. The highest BCUT2D eigenvalue weighted by molar-refractivity contribution is 5.76. The lowest BCUT2D eigenvalue weighted by Gasteiger charge is -2.34.